The Hall–Kier alpha value is -1.75. The molecule has 0 atom stereocenters. The van der Waals surface area contributed by atoms with Crippen LogP contribution in [0, 0.1) is 12.7 Å². The normalized spacial score (nSPS) is 17.8. The summed E-state index contributed by atoms with van der Waals surface area (Å²) in [6.07, 6.45) is 5.50. The first-order chi connectivity index (χ1) is 10.2. The lowest BCUT2D eigenvalue weighted by Crippen LogP contribution is -2.44. The summed E-state index contributed by atoms with van der Waals surface area (Å²) < 4.78 is 18.4. The van der Waals surface area contributed by atoms with Gasteiger partial charge in [0, 0.05) is 13.5 Å². The summed E-state index contributed by atoms with van der Waals surface area (Å²) in [6, 6.07) is 6.68. The van der Waals surface area contributed by atoms with Gasteiger partial charge in [-0.05, 0) is 30.5 Å². The van der Waals surface area contributed by atoms with Crippen molar-refractivity contribution in [3.63, 3.8) is 0 Å². The highest BCUT2D eigenvalue weighted by Crippen LogP contribution is 2.35. The molecule has 5 heteroatoms. The van der Waals surface area contributed by atoms with E-state index in [1.807, 2.05) is 6.07 Å². The highest BCUT2D eigenvalue weighted by molar-refractivity contribution is 5.17. The molecule has 1 aromatic carbocycles. The Labute approximate surface area is 123 Å². The SMILES string of the molecule is Cc1nc(C2(NCc3cccc(F)c3)CCCCC2)no1. The van der Waals surface area contributed by atoms with Gasteiger partial charge >= 0.3 is 0 Å². The third kappa shape index (κ3) is 3.13. The predicted octanol–water partition coefficient (Wildman–Crippen LogP) is 3.47. The van der Waals surface area contributed by atoms with Gasteiger partial charge in [-0.1, -0.05) is 36.6 Å². The minimum Gasteiger partial charge on any atom is -0.340 e. The van der Waals surface area contributed by atoms with Crippen LogP contribution in [0.5, 0.6) is 0 Å². The molecular formula is C16H20FN3O. The molecule has 0 spiro atoms. The molecule has 2 aromatic rings. The second-order valence-electron chi connectivity index (χ2n) is 5.76. The molecule has 0 saturated heterocycles. The van der Waals surface area contributed by atoms with E-state index >= 15 is 0 Å². The van der Waals surface area contributed by atoms with E-state index in [1.165, 1.54) is 12.5 Å². The molecule has 3 rings (SSSR count). The molecule has 21 heavy (non-hydrogen) atoms. The van der Waals surface area contributed by atoms with Crippen molar-refractivity contribution in [1.82, 2.24) is 15.5 Å². The summed E-state index contributed by atoms with van der Waals surface area (Å²) >= 11 is 0. The van der Waals surface area contributed by atoms with Crippen molar-refractivity contribution in [3.05, 3.63) is 47.4 Å². The van der Waals surface area contributed by atoms with Crippen molar-refractivity contribution >= 4 is 0 Å². The Morgan fingerprint density at radius 1 is 1.29 bits per heavy atom. The second-order valence-corrected chi connectivity index (χ2v) is 5.76. The molecule has 0 bridgehead atoms. The van der Waals surface area contributed by atoms with Crippen LogP contribution in [-0.4, -0.2) is 10.1 Å². The fourth-order valence-corrected chi connectivity index (χ4v) is 3.05. The minimum absolute atomic E-state index is 0.206. The van der Waals surface area contributed by atoms with Gasteiger partial charge in [-0.3, -0.25) is 0 Å². The van der Waals surface area contributed by atoms with Gasteiger partial charge in [-0.25, -0.2) is 4.39 Å². The number of nitrogens with zero attached hydrogens (tertiary/aromatic N) is 2. The van der Waals surface area contributed by atoms with E-state index in [0.717, 1.165) is 37.1 Å². The first kappa shape index (κ1) is 14.2. The molecule has 0 aliphatic heterocycles. The maximum atomic E-state index is 13.3. The molecule has 1 aliphatic rings. The molecule has 1 aliphatic carbocycles. The lowest BCUT2D eigenvalue weighted by atomic mass is 9.81. The first-order valence-electron chi connectivity index (χ1n) is 7.48. The van der Waals surface area contributed by atoms with Crippen LogP contribution in [0.3, 0.4) is 0 Å². The van der Waals surface area contributed by atoms with Crippen molar-refractivity contribution in [2.24, 2.45) is 0 Å². The average Bonchev–Trinajstić information content (AvgIpc) is 2.94. The van der Waals surface area contributed by atoms with Crippen LogP contribution in [0.25, 0.3) is 0 Å². The monoisotopic (exact) mass is 289 g/mol. The number of aryl methyl sites for hydroxylation is 1. The van der Waals surface area contributed by atoms with E-state index < -0.39 is 0 Å². The molecule has 4 nitrogen and oxygen atoms in total. The van der Waals surface area contributed by atoms with Crippen molar-refractivity contribution < 1.29 is 8.91 Å². The molecule has 1 fully saturated rings. The van der Waals surface area contributed by atoms with Gasteiger partial charge in [0.1, 0.15) is 5.82 Å². The molecule has 112 valence electrons. The van der Waals surface area contributed by atoms with Crippen molar-refractivity contribution in [1.29, 1.82) is 0 Å². The van der Waals surface area contributed by atoms with Crippen LogP contribution in [0.15, 0.2) is 28.8 Å². The summed E-state index contributed by atoms with van der Waals surface area (Å²) in [4.78, 5) is 4.42. The number of halogens is 1. The summed E-state index contributed by atoms with van der Waals surface area (Å²) in [5.41, 5.74) is 0.683. The van der Waals surface area contributed by atoms with Crippen molar-refractivity contribution in [2.45, 2.75) is 51.1 Å². The lowest BCUT2D eigenvalue weighted by molar-refractivity contribution is 0.211. The highest BCUT2D eigenvalue weighted by Gasteiger charge is 2.37. The van der Waals surface area contributed by atoms with Crippen LogP contribution in [0.1, 0.15) is 49.4 Å². The van der Waals surface area contributed by atoms with Crippen LogP contribution >= 0.6 is 0 Å². The summed E-state index contributed by atoms with van der Waals surface area (Å²) in [7, 11) is 0. The topological polar surface area (TPSA) is 51.0 Å². The van der Waals surface area contributed by atoms with E-state index in [0.29, 0.717) is 12.4 Å². The maximum absolute atomic E-state index is 13.3. The molecule has 0 unspecified atom stereocenters. The average molecular weight is 289 g/mol. The third-order valence-electron chi connectivity index (χ3n) is 4.18. The quantitative estimate of drug-likeness (QED) is 0.936. The number of benzene rings is 1. The number of nitrogens with one attached hydrogen (secondary N) is 1. The molecule has 1 aromatic heterocycles. The van der Waals surface area contributed by atoms with Gasteiger partial charge in [-0.2, -0.15) is 4.98 Å². The molecule has 1 heterocycles. The number of rotatable bonds is 4. The number of hydrogen-bond acceptors (Lipinski definition) is 4. The summed E-state index contributed by atoms with van der Waals surface area (Å²) in [6.45, 7) is 2.41. The Kier molecular flexibility index (Phi) is 4.01. The van der Waals surface area contributed by atoms with E-state index in [-0.39, 0.29) is 11.4 Å². The van der Waals surface area contributed by atoms with Crippen LogP contribution in [0.4, 0.5) is 4.39 Å². The molecular weight excluding hydrogens is 269 g/mol. The van der Waals surface area contributed by atoms with Crippen molar-refractivity contribution in [3.8, 4) is 0 Å². The van der Waals surface area contributed by atoms with Gasteiger partial charge in [0.25, 0.3) is 0 Å². The smallest absolute Gasteiger partial charge is 0.223 e. The Balaban J connectivity index is 1.79. The first-order valence-corrected chi connectivity index (χ1v) is 7.48. The maximum Gasteiger partial charge on any atom is 0.223 e. The Bertz CT molecular complexity index is 605. The fraction of sp³-hybridized carbons (Fsp3) is 0.500. The minimum atomic E-state index is -0.248. The van der Waals surface area contributed by atoms with Crippen LogP contribution < -0.4 is 5.32 Å². The largest absolute Gasteiger partial charge is 0.340 e. The summed E-state index contributed by atoms with van der Waals surface area (Å²) in [5.74, 6) is 1.11. The van der Waals surface area contributed by atoms with Gasteiger partial charge in [-0.15, -0.1) is 0 Å². The van der Waals surface area contributed by atoms with E-state index in [2.05, 4.69) is 15.5 Å². The highest BCUT2D eigenvalue weighted by atomic mass is 19.1. The van der Waals surface area contributed by atoms with Gasteiger partial charge in [0.05, 0.1) is 5.54 Å². The summed E-state index contributed by atoms with van der Waals surface area (Å²) in [5, 5.41) is 7.68. The molecule has 1 N–H and O–H groups in total. The zero-order chi connectivity index (χ0) is 14.7. The number of hydrogen-bond donors (Lipinski definition) is 1. The number of aromatic nitrogens is 2. The Morgan fingerprint density at radius 2 is 2.10 bits per heavy atom. The van der Waals surface area contributed by atoms with Crippen molar-refractivity contribution in [2.75, 3.05) is 0 Å². The fourth-order valence-electron chi connectivity index (χ4n) is 3.05. The van der Waals surface area contributed by atoms with Gasteiger partial charge in [0.15, 0.2) is 5.82 Å². The molecule has 0 radical (unpaired) electrons. The molecule has 0 amide bonds. The van der Waals surface area contributed by atoms with Gasteiger partial charge < -0.3 is 9.84 Å². The standard InChI is InChI=1S/C16H20FN3O/c1-12-19-15(20-21-12)16(8-3-2-4-9-16)18-11-13-6-5-7-14(17)10-13/h5-7,10,18H,2-4,8-9,11H2,1H3. The van der Waals surface area contributed by atoms with Gasteiger partial charge in [0.2, 0.25) is 5.89 Å². The van der Waals surface area contributed by atoms with E-state index in [4.69, 9.17) is 4.52 Å². The van der Waals surface area contributed by atoms with E-state index in [9.17, 15) is 4.39 Å². The predicted molar refractivity (Wildman–Crippen MR) is 77.0 cm³/mol. The zero-order valence-corrected chi connectivity index (χ0v) is 12.2. The van der Waals surface area contributed by atoms with E-state index in [1.54, 1.807) is 19.1 Å². The third-order valence-corrected chi connectivity index (χ3v) is 4.18. The molecule has 1 saturated carbocycles. The zero-order valence-electron chi connectivity index (χ0n) is 12.2. The second kappa shape index (κ2) is 5.93. The Morgan fingerprint density at radius 3 is 2.76 bits per heavy atom. The van der Waals surface area contributed by atoms with Crippen LogP contribution in [0.2, 0.25) is 0 Å². The lowest BCUT2D eigenvalue weighted by Gasteiger charge is -2.35. The van der Waals surface area contributed by atoms with Crippen LogP contribution in [-0.2, 0) is 12.1 Å².